The van der Waals surface area contributed by atoms with Crippen LogP contribution in [-0.2, 0) is 14.3 Å². The van der Waals surface area contributed by atoms with Crippen LogP contribution in [0.3, 0.4) is 0 Å². The Bertz CT molecular complexity index is 485. The molecule has 0 radical (unpaired) electrons. The number of carbonyl (C=O) groups is 2. The first kappa shape index (κ1) is 19.6. The fourth-order valence-corrected chi connectivity index (χ4v) is 4.58. The van der Waals surface area contributed by atoms with Crippen LogP contribution in [0.15, 0.2) is 0 Å². The van der Waals surface area contributed by atoms with Crippen LogP contribution in [0.5, 0.6) is 0 Å². The molecule has 0 aromatic carbocycles. The number of amides is 2. The van der Waals surface area contributed by atoms with Crippen LogP contribution in [0, 0.1) is 11.8 Å². The fraction of sp³-hybridized carbons (Fsp3) is 0.900. The van der Waals surface area contributed by atoms with E-state index in [0.29, 0.717) is 38.9 Å². The summed E-state index contributed by atoms with van der Waals surface area (Å²) in [7, 11) is 1.96. The molecule has 1 unspecified atom stereocenters. The van der Waals surface area contributed by atoms with Crippen LogP contribution >= 0.6 is 0 Å². The molecule has 3 rings (SSSR count). The van der Waals surface area contributed by atoms with Crippen molar-refractivity contribution in [2.45, 2.75) is 51.5 Å². The van der Waals surface area contributed by atoms with Gasteiger partial charge >= 0.3 is 0 Å². The third kappa shape index (κ3) is 4.97. The van der Waals surface area contributed by atoms with Gasteiger partial charge in [-0.3, -0.25) is 14.5 Å². The quantitative estimate of drug-likeness (QED) is 0.759. The molecule has 1 saturated carbocycles. The summed E-state index contributed by atoms with van der Waals surface area (Å²) in [6.07, 6.45) is 6.64. The van der Waals surface area contributed by atoms with E-state index in [1.54, 1.807) is 0 Å². The molecule has 0 aromatic heterocycles. The molecule has 148 valence electrons. The van der Waals surface area contributed by atoms with Gasteiger partial charge in [0, 0.05) is 32.7 Å². The standard InChI is InChI=1S/C20H35N3O3/c1-16-5-7-18(8-6-16)21(2)19(24)15-22-9-3-4-17(14-22)20(25)23-10-12-26-13-11-23/h16-18H,3-15H2,1-2H3. The third-order valence-electron chi connectivity index (χ3n) is 6.46. The number of rotatable bonds is 4. The van der Waals surface area contributed by atoms with Gasteiger partial charge in [0.25, 0.3) is 0 Å². The minimum atomic E-state index is 0.0375. The van der Waals surface area contributed by atoms with E-state index in [1.165, 1.54) is 12.8 Å². The zero-order chi connectivity index (χ0) is 18.5. The Kier molecular flexibility index (Phi) is 6.92. The smallest absolute Gasteiger partial charge is 0.236 e. The average molecular weight is 366 g/mol. The molecule has 0 bridgehead atoms. The van der Waals surface area contributed by atoms with Crippen molar-refractivity contribution < 1.29 is 14.3 Å². The summed E-state index contributed by atoms with van der Waals surface area (Å²) >= 11 is 0. The molecule has 1 aliphatic carbocycles. The van der Waals surface area contributed by atoms with E-state index in [4.69, 9.17) is 4.74 Å². The zero-order valence-electron chi connectivity index (χ0n) is 16.5. The van der Waals surface area contributed by atoms with Gasteiger partial charge in [0.15, 0.2) is 0 Å². The summed E-state index contributed by atoms with van der Waals surface area (Å²) in [5, 5.41) is 0. The number of carbonyl (C=O) groups excluding carboxylic acids is 2. The normalized spacial score (nSPS) is 30.8. The van der Waals surface area contributed by atoms with Crippen molar-refractivity contribution in [2.24, 2.45) is 11.8 Å². The van der Waals surface area contributed by atoms with Gasteiger partial charge in [-0.2, -0.15) is 0 Å². The molecule has 3 aliphatic rings. The first-order chi connectivity index (χ1) is 12.5. The Morgan fingerprint density at radius 2 is 1.73 bits per heavy atom. The van der Waals surface area contributed by atoms with E-state index in [0.717, 1.165) is 44.7 Å². The average Bonchev–Trinajstić information content (AvgIpc) is 2.68. The Morgan fingerprint density at radius 1 is 1.04 bits per heavy atom. The van der Waals surface area contributed by atoms with Crippen molar-refractivity contribution in [3.05, 3.63) is 0 Å². The first-order valence-corrected chi connectivity index (χ1v) is 10.4. The highest BCUT2D eigenvalue weighted by Gasteiger charge is 2.32. The van der Waals surface area contributed by atoms with Gasteiger partial charge in [0.1, 0.15) is 0 Å². The molecule has 6 heteroatoms. The topological polar surface area (TPSA) is 53.1 Å². The predicted molar refractivity (Wildman–Crippen MR) is 101 cm³/mol. The van der Waals surface area contributed by atoms with Crippen LogP contribution in [-0.4, -0.2) is 85.5 Å². The van der Waals surface area contributed by atoms with Gasteiger partial charge in [-0.1, -0.05) is 6.92 Å². The van der Waals surface area contributed by atoms with Gasteiger partial charge in [-0.15, -0.1) is 0 Å². The van der Waals surface area contributed by atoms with Crippen molar-refractivity contribution in [1.29, 1.82) is 0 Å². The maximum absolute atomic E-state index is 12.7. The second-order valence-electron chi connectivity index (χ2n) is 8.43. The highest BCUT2D eigenvalue weighted by atomic mass is 16.5. The largest absolute Gasteiger partial charge is 0.378 e. The lowest BCUT2D eigenvalue weighted by Gasteiger charge is -2.38. The van der Waals surface area contributed by atoms with E-state index in [9.17, 15) is 9.59 Å². The van der Waals surface area contributed by atoms with Gasteiger partial charge < -0.3 is 14.5 Å². The summed E-state index contributed by atoms with van der Waals surface area (Å²) < 4.78 is 5.35. The molecular formula is C20H35N3O3. The van der Waals surface area contributed by atoms with E-state index in [1.807, 2.05) is 16.8 Å². The Hall–Kier alpha value is -1.14. The summed E-state index contributed by atoms with van der Waals surface area (Å²) in [5.41, 5.74) is 0. The second-order valence-corrected chi connectivity index (χ2v) is 8.43. The summed E-state index contributed by atoms with van der Waals surface area (Å²) in [4.78, 5) is 31.6. The molecule has 2 saturated heterocycles. The molecule has 2 aliphatic heterocycles. The Labute approximate surface area is 157 Å². The molecular weight excluding hydrogens is 330 g/mol. The SMILES string of the molecule is CC1CCC(N(C)C(=O)CN2CCCC(C(=O)N3CCOCC3)C2)CC1. The van der Waals surface area contributed by atoms with Crippen LogP contribution in [0.4, 0.5) is 0 Å². The van der Waals surface area contributed by atoms with Crippen molar-refractivity contribution in [3.8, 4) is 0 Å². The molecule has 0 aromatic rings. The van der Waals surface area contributed by atoms with Crippen LogP contribution in [0.2, 0.25) is 0 Å². The molecule has 2 amide bonds. The lowest BCUT2D eigenvalue weighted by molar-refractivity contribution is -0.143. The maximum atomic E-state index is 12.7. The van der Waals surface area contributed by atoms with Gasteiger partial charge in [0.2, 0.25) is 11.8 Å². The van der Waals surface area contributed by atoms with E-state index >= 15 is 0 Å². The monoisotopic (exact) mass is 365 g/mol. The number of hydrogen-bond donors (Lipinski definition) is 0. The lowest BCUT2D eigenvalue weighted by atomic mass is 9.87. The number of morpholine rings is 1. The number of hydrogen-bond acceptors (Lipinski definition) is 4. The molecule has 1 atom stereocenters. The zero-order valence-corrected chi connectivity index (χ0v) is 16.5. The Morgan fingerprint density at radius 3 is 2.42 bits per heavy atom. The van der Waals surface area contributed by atoms with E-state index < -0.39 is 0 Å². The summed E-state index contributed by atoms with van der Waals surface area (Å²) in [6, 6.07) is 0.397. The number of likely N-dealkylation sites (N-methyl/N-ethyl adjacent to an activating group) is 1. The molecule has 6 nitrogen and oxygen atoms in total. The van der Waals surface area contributed by atoms with Gasteiger partial charge in [0.05, 0.1) is 25.7 Å². The molecule has 26 heavy (non-hydrogen) atoms. The molecule has 0 spiro atoms. The van der Waals surface area contributed by atoms with Crippen molar-refractivity contribution >= 4 is 11.8 Å². The lowest BCUT2D eigenvalue weighted by Crippen LogP contribution is -2.51. The first-order valence-electron chi connectivity index (χ1n) is 10.4. The molecule has 0 N–H and O–H groups in total. The maximum Gasteiger partial charge on any atom is 0.236 e. The Balaban J connectivity index is 1.48. The number of piperidine rings is 1. The highest BCUT2D eigenvalue weighted by molar-refractivity contribution is 5.80. The minimum absolute atomic E-state index is 0.0375. The van der Waals surface area contributed by atoms with Crippen molar-refractivity contribution in [2.75, 3.05) is 53.0 Å². The summed E-state index contributed by atoms with van der Waals surface area (Å²) in [5.74, 6) is 1.29. The fourth-order valence-electron chi connectivity index (χ4n) is 4.58. The predicted octanol–water partition coefficient (Wildman–Crippen LogP) is 1.59. The van der Waals surface area contributed by atoms with Crippen molar-refractivity contribution in [3.63, 3.8) is 0 Å². The number of nitrogens with zero attached hydrogens (tertiary/aromatic N) is 3. The molecule has 3 fully saturated rings. The number of ether oxygens (including phenoxy) is 1. The van der Waals surface area contributed by atoms with Crippen LogP contribution in [0.1, 0.15) is 45.4 Å². The minimum Gasteiger partial charge on any atom is -0.378 e. The van der Waals surface area contributed by atoms with E-state index in [-0.39, 0.29) is 17.7 Å². The second kappa shape index (κ2) is 9.18. The van der Waals surface area contributed by atoms with Gasteiger partial charge in [-0.25, -0.2) is 0 Å². The van der Waals surface area contributed by atoms with E-state index in [2.05, 4.69) is 11.8 Å². The highest BCUT2D eigenvalue weighted by Crippen LogP contribution is 2.27. The summed E-state index contributed by atoms with van der Waals surface area (Å²) in [6.45, 7) is 7.10. The van der Waals surface area contributed by atoms with Gasteiger partial charge in [-0.05, 0) is 51.0 Å². The van der Waals surface area contributed by atoms with Crippen LogP contribution in [0.25, 0.3) is 0 Å². The van der Waals surface area contributed by atoms with Crippen molar-refractivity contribution in [1.82, 2.24) is 14.7 Å². The third-order valence-corrected chi connectivity index (χ3v) is 6.46. The molecule has 2 heterocycles. The van der Waals surface area contributed by atoms with Crippen LogP contribution < -0.4 is 0 Å². The number of likely N-dealkylation sites (tertiary alicyclic amines) is 1.